The van der Waals surface area contributed by atoms with Gasteiger partial charge >= 0.3 is 18.1 Å². The molecular weight excluding hydrogens is 301 g/mol. The molecule has 0 atom stereocenters. The minimum Gasteiger partial charge on any atom is -0.454 e. The van der Waals surface area contributed by atoms with Crippen LogP contribution in [0.15, 0.2) is 0 Å². The van der Waals surface area contributed by atoms with Crippen LogP contribution in [0.1, 0.15) is 48.5 Å². The van der Waals surface area contributed by atoms with Gasteiger partial charge in [-0.15, -0.1) is 0 Å². The fraction of sp³-hybridized carbons (Fsp3) is 0.867. The summed E-state index contributed by atoms with van der Waals surface area (Å²) in [5.74, 6) is -1.87. The topological polar surface area (TPSA) is 52.6 Å². The average Bonchev–Trinajstić information content (AvgIpc) is 2.28. The Morgan fingerprint density at radius 1 is 0.818 bits per heavy atom. The van der Waals surface area contributed by atoms with E-state index in [2.05, 4.69) is 4.74 Å². The van der Waals surface area contributed by atoms with Crippen LogP contribution in [-0.4, -0.2) is 31.3 Å². The van der Waals surface area contributed by atoms with Crippen LogP contribution in [0.25, 0.3) is 0 Å². The fourth-order valence-corrected chi connectivity index (χ4v) is 2.21. The van der Waals surface area contributed by atoms with E-state index in [1.807, 2.05) is 41.5 Å². The molecule has 0 N–H and O–H groups in total. The van der Waals surface area contributed by atoms with Crippen molar-refractivity contribution < 1.29 is 32.2 Å². The zero-order valence-electron chi connectivity index (χ0n) is 14.2. The van der Waals surface area contributed by atoms with Gasteiger partial charge in [0.2, 0.25) is 0 Å². The molecule has 0 aromatic carbocycles. The minimum atomic E-state index is -4.61. The highest BCUT2D eigenvalue weighted by molar-refractivity contribution is 5.81. The van der Waals surface area contributed by atoms with Crippen LogP contribution >= 0.6 is 0 Å². The predicted molar refractivity (Wildman–Crippen MR) is 75.0 cm³/mol. The molecule has 0 amide bonds. The van der Waals surface area contributed by atoms with Crippen molar-refractivity contribution >= 4 is 11.9 Å². The number of rotatable bonds is 4. The summed E-state index contributed by atoms with van der Waals surface area (Å²) in [7, 11) is 0. The predicted octanol–water partition coefficient (Wildman–Crippen LogP) is 3.73. The van der Waals surface area contributed by atoms with E-state index in [-0.39, 0.29) is 0 Å². The third-order valence-corrected chi connectivity index (χ3v) is 4.13. The number of hydrogen-bond donors (Lipinski definition) is 0. The highest BCUT2D eigenvalue weighted by atomic mass is 19.4. The van der Waals surface area contributed by atoms with Gasteiger partial charge in [-0.2, -0.15) is 13.2 Å². The Kier molecular flexibility index (Phi) is 6.09. The Hall–Kier alpha value is -1.27. The maximum absolute atomic E-state index is 12.4. The lowest BCUT2D eigenvalue weighted by atomic mass is 9.55. The number of hydrogen-bond acceptors (Lipinski definition) is 4. The maximum atomic E-state index is 12.4. The summed E-state index contributed by atoms with van der Waals surface area (Å²) in [5.41, 5.74) is -1.89. The average molecular weight is 326 g/mol. The van der Waals surface area contributed by atoms with E-state index >= 15 is 0 Å². The summed E-state index contributed by atoms with van der Waals surface area (Å²) >= 11 is 0. The van der Waals surface area contributed by atoms with E-state index in [4.69, 9.17) is 4.74 Å². The molecule has 7 heteroatoms. The fourth-order valence-electron chi connectivity index (χ4n) is 2.21. The van der Waals surface area contributed by atoms with Gasteiger partial charge in [0.1, 0.15) is 0 Å². The molecule has 130 valence electrons. The van der Waals surface area contributed by atoms with E-state index < -0.39 is 47.6 Å². The summed E-state index contributed by atoms with van der Waals surface area (Å²) in [6.45, 7) is 10.4. The molecule has 0 saturated heterocycles. The van der Waals surface area contributed by atoms with Gasteiger partial charge in [-0.3, -0.25) is 4.79 Å². The van der Waals surface area contributed by atoms with Crippen molar-refractivity contribution in [1.82, 2.24) is 0 Å². The monoisotopic (exact) mass is 326 g/mol. The molecule has 4 nitrogen and oxygen atoms in total. The summed E-state index contributed by atoms with van der Waals surface area (Å²) in [6, 6.07) is 0. The Morgan fingerprint density at radius 2 is 1.23 bits per heavy atom. The van der Waals surface area contributed by atoms with Crippen molar-refractivity contribution in [3.05, 3.63) is 0 Å². The van der Waals surface area contributed by atoms with E-state index in [0.717, 1.165) is 0 Å². The van der Waals surface area contributed by atoms with Crippen LogP contribution in [0, 0.1) is 16.2 Å². The lowest BCUT2D eigenvalue weighted by molar-refractivity contribution is -0.193. The van der Waals surface area contributed by atoms with E-state index in [1.165, 1.54) is 0 Å². The molecule has 0 fully saturated rings. The number of ether oxygens (including phenoxy) is 2. The molecule has 0 rings (SSSR count). The van der Waals surface area contributed by atoms with Gasteiger partial charge in [0.15, 0.2) is 13.2 Å². The van der Waals surface area contributed by atoms with Crippen LogP contribution in [0.3, 0.4) is 0 Å². The number of carbonyl (C=O) groups excluding carboxylic acids is 2. The first kappa shape index (κ1) is 20.7. The van der Waals surface area contributed by atoms with Crippen molar-refractivity contribution in [2.75, 3.05) is 13.2 Å². The highest BCUT2D eigenvalue weighted by Crippen LogP contribution is 2.52. The van der Waals surface area contributed by atoms with Crippen molar-refractivity contribution in [2.45, 2.75) is 54.6 Å². The second-order valence-electron chi connectivity index (χ2n) is 7.48. The lowest BCUT2D eigenvalue weighted by Gasteiger charge is -2.48. The summed E-state index contributed by atoms with van der Waals surface area (Å²) in [6.07, 6.45) is -4.61. The molecular formula is C15H25F3O4. The molecule has 0 saturated carbocycles. The second-order valence-corrected chi connectivity index (χ2v) is 7.48. The normalized spacial score (nSPS) is 13.7. The van der Waals surface area contributed by atoms with Crippen LogP contribution < -0.4 is 0 Å². The number of carbonyl (C=O) groups is 2. The van der Waals surface area contributed by atoms with Crippen LogP contribution in [0.2, 0.25) is 0 Å². The highest BCUT2D eigenvalue weighted by Gasteiger charge is 2.53. The van der Waals surface area contributed by atoms with Crippen molar-refractivity contribution in [3.63, 3.8) is 0 Å². The van der Waals surface area contributed by atoms with Crippen LogP contribution in [0.4, 0.5) is 13.2 Å². The SMILES string of the molecule is CC(C)(C)C(C)(C(=O)OCC(=O)OCC(F)(F)F)C(C)(C)C. The van der Waals surface area contributed by atoms with Crippen LogP contribution in [0.5, 0.6) is 0 Å². The molecule has 22 heavy (non-hydrogen) atoms. The molecule has 0 radical (unpaired) electrons. The Balaban J connectivity index is 4.86. The smallest absolute Gasteiger partial charge is 0.422 e. The van der Waals surface area contributed by atoms with Crippen LogP contribution in [-0.2, 0) is 19.1 Å². The molecule has 0 aromatic rings. The van der Waals surface area contributed by atoms with E-state index in [1.54, 1.807) is 6.92 Å². The molecule has 0 unspecified atom stereocenters. The zero-order valence-corrected chi connectivity index (χ0v) is 14.2. The van der Waals surface area contributed by atoms with Gasteiger partial charge in [-0.1, -0.05) is 41.5 Å². The van der Waals surface area contributed by atoms with Crippen molar-refractivity contribution in [3.8, 4) is 0 Å². The number of halogens is 3. The quantitative estimate of drug-likeness (QED) is 0.739. The molecule has 0 spiro atoms. The summed E-state index contributed by atoms with van der Waals surface area (Å²) in [5, 5.41) is 0. The maximum Gasteiger partial charge on any atom is 0.422 e. The first-order valence-corrected chi connectivity index (χ1v) is 6.92. The van der Waals surface area contributed by atoms with E-state index in [0.29, 0.717) is 0 Å². The largest absolute Gasteiger partial charge is 0.454 e. The van der Waals surface area contributed by atoms with Gasteiger partial charge < -0.3 is 9.47 Å². The van der Waals surface area contributed by atoms with E-state index in [9.17, 15) is 22.8 Å². The Labute approximate surface area is 129 Å². The zero-order chi connectivity index (χ0) is 18.0. The lowest BCUT2D eigenvalue weighted by Crippen LogP contribution is -2.51. The van der Waals surface area contributed by atoms with Gasteiger partial charge in [0, 0.05) is 0 Å². The first-order valence-electron chi connectivity index (χ1n) is 6.92. The summed E-state index contributed by atoms with van der Waals surface area (Å²) in [4.78, 5) is 23.6. The molecule has 0 bridgehead atoms. The van der Waals surface area contributed by atoms with Gasteiger partial charge in [0.05, 0.1) is 5.41 Å². The second kappa shape index (κ2) is 6.46. The Bertz CT molecular complexity index is 400. The number of alkyl halides is 3. The molecule has 0 aliphatic rings. The van der Waals surface area contributed by atoms with Gasteiger partial charge in [-0.25, -0.2) is 4.79 Å². The number of esters is 2. The van der Waals surface area contributed by atoms with Gasteiger partial charge in [-0.05, 0) is 17.8 Å². The third kappa shape index (κ3) is 5.18. The van der Waals surface area contributed by atoms with Crippen molar-refractivity contribution in [2.24, 2.45) is 16.2 Å². The third-order valence-electron chi connectivity index (χ3n) is 4.13. The Morgan fingerprint density at radius 3 is 1.55 bits per heavy atom. The molecule has 0 aliphatic heterocycles. The van der Waals surface area contributed by atoms with Gasteiger partial charge in [0.25, 0.3) is 0 Å². The first-order chi connectivity index (χ1) is 9.52. The standard InChI is InChI=1S/C15H25F3O4/c1-12(2,3)14(7,13(4,5)6)11(20)21-8-10(19)22-9-15(16,17)18/h8-9H2,1-7H3. The summed E-state index contributed by atoms with van der Waals surface area (Å²) < 4.78 is 44.7. The molecule has 0 aromatic heterocycles. The molecule has 0 aliphatic carbocycles. The van der Waals surface area contributed by atoms with Crippen molar-refractivity contribution in [1.29, 1.82) is 0 Å². The molecule has 0 heterocycles. The minimum absolute atomic E-state index is 0.474.